The number of H-pyrrole nitrogens is 1. The number of benzene rings is 3. The number of anilines is 1. The van der Waals surface area contributed by atoms with Crippen molar-refractivity contribution in [1.29, 1.82) is 0 Å². The number of hydrogen-bond donors (Lipinski definition) is 3. The molecule has 3 N–H and O–H groups in total. The molecule has 0 unspecified atom stereocenters. The van der Waals surface area contributed by atoms with Crippen LogP contribution in [-0.4, -0.2) is 55.8 Å². The Morgan fingerprint density at radius 3 is 1.66 bits per heavy atom. The average Bonchev–Trinajstić information content (AvgIpc) is 4.02. The number of amides is 1. The van der Waals surface area contributed by atoms with Gasteiger partial charge in [-0.05, 0) is 154 Å². The Labute approximate surface area is 410 Å². The van der Waals surface area contributed by atoms with E-state index in [0.29, 0.717) is 26.4 Å². The number of allylic oxidation sites excluding steroid dienone is 6. The predicted octanol–water partition coefficient (Wildman–Crippen LogP) is 13.8. The first-order chi connectivity index (χ1) is 32.6. The van der Waals surface area contributed by atoms with Crippen molar-refractivity contribution < 1.29 is 14.3 Å². The second-order valence-corrected chi connectivity index (χ2v) is 18.4. The average molecular weight is 928 g/mol. The van der Waals surface area contributed by atoms with Crippen LogP contribution in [0.3, 0.4) is 0 Å². The molecule has 3 heterocycles. The number of nitrogens with one attached hydrogen (secondary N) is 3. The van der Waals surface area contributed by atoms with E-state index in [1.165, 1.54) is 44.8 Å². The van der Waals surface area contributed by atoms with E-state index >= 15 is 0 Å². The van der Waals surface area contributed by atoms with Crippen molar-refractivity contribution >= 4 is 11.8 Å². The maximum atomic E-state index is 12.1. The highest BCUT2D eigenvalue weighted by Gasteiger charge is 2.22. The van der Waals surface area contributed by atoms with Gasteiger partial charge in [0.05, 0.1) is 13.1 Å². The molecule has 0 fully saturated rings. The van der Waals surface area contributed by atoms with Gasteiger partial charge in [-0.2, -0.15) is 0 Å². The fourth-order valence-electron chi connectivity index (χ4n) is 7.43. The molecule has 0 spiro atoms. The Kier molecular flexibility index (Phi) is 24.9. The van der Waals surface area contributed by atoms with E-state index in [4.69, 9.17) is 9.47 Å². The molecule has 0 bridgehead atoms. The van der Waals surface area contributed by atoms with Crippen molar-refractivity contribution in [3.8, 4) is 0 Å². The number of ether oxygens (including phenoxy) is 2. The molecular formula is C58H85N7O3. The van der Waals surface area contributed by atoms with Crippen LogP contribution in [0.15, 0.2) is 131 Å². The SMILES string of the molecule is CC.CC1=C(C)Cc2ccccc2C1.CC1=C(C)Cc2ccccc2C1.CC1=C(C)Nc2ccccc2C1.CCCOCn1ccnc1CN(CC)C(=O)OC(C)(C)C.CCNCc1ncc[nH]1. The minimum absolute atomic E-state index is 0.325. The van der Waals surface area contributed by atoms with E-state index in [1.54, 1.807) is 39.6 Å². The third-order valence-electron chi connectivity index (χ3n) is 11.8. The zero-order valence-electron chi connectivity index (χ0n) is 44.2. The molecule has 0 radical (unpaired) electrons. The van der Waals surface area contributed by atoms with E-state index in [-0.39, 0.29) is 6.09 Å². The number of para-hydroxylation sites is 1. The van der Waals surface area contributed by atoms with Crippen LogP contribution >= 0.6 is 0 Å². The number of fused-ring (bicyclic) bond motifs is 3. The molecule has 10 heteroatoms. The lowest BCUT2D eigenvalue weighted by molar-refractivity contribution is 0.0227. The van der Waals surface area contributed by atoms with Crippen LogP contribution in [0.4, 0.5) is 10.5 Å². The molecule has 10 nitrogen and oxygen atoms in total. The fraction of sp³-hybridized carbons (Fsp3) is 0.466. The van der Waals surface area contributed by atoms with Gasteiger partial charge < -0.3 is 34.6 Å². The summed E-state index contributed by atoms with van der Waals surface area (Å²) < 4.78 is 12.8. The fourth-order valence-corrected chi connectivity index (χ4v) is 7.43. The Bertz CT molecular complexity index is 2080. The molecule has 3 aromatic carbocycles. The highest BCUT2D eigenvalue weighted by atomic mass is 16.6. The first-order valence-electron chi connectivity index (χ1n) is 24.8. The quantitative estimate of drug-likeness (QED) is 0.0945. The van der Waals surface area contributed by atoms with Gasteiger partial charge in [0.25, 0.3) is 0 Å². The summed E-state index contributed by atoms with van der Waals surface area (Å²) in [6.07, 6.45) is 13.5. The zero-order valence-corrected chi connectivity index (χ0v) is 44.2. The van der Waals surface area contributed by atoms with E-state index in [1.807, 2.05) is 58.5 Å². The summed E-state index contributed by atoms with van der Waals surface area (Å²) in [5, 5.41) is 6.55. The lowest BCUT2D eigenvalue weighted by Gasteiger charge is -2.26. The number of carbonyl (C=O) groups excluding carboxylic acids is 1. The van der Waals surface area contributed by atoms with Crippen LogP contribution in [-0.2, 0) is 61.4 Å². The standard InChI is InChI=1S/C15H27N3O3.2C12H14.C11H13N.C6H11N3.C2H6/c1-6-10-20-12-18-9-8-16-13(18)11-17(7-2)14(19)21-15(3,4)5;2*1-9-7-11-5-3-4-6-12(11)8-10(9)2;1-8-7-10-5-3-4-6-11(10)12-9(8)2;1-2-7-5-6-8-3-4-9-6;1-2/h8-9H,6-7,10-12H2,1-5H3;2*3-6H,7-8H2,1-2H3;3-6,12H,7H2,1-2H3;3-4,7H,2,5H2,1H3,(H,8,9);1-2H3. The number of nitrogens with zero attached hydrogens (tertiary/aromatic N) is 4. The maximum absolute atomic E-state index is 12.1. The summed E-state index contributed by atoms with van der Waals surface area (Å²) in [4.78, 5) is 25.1. The molecule has 2 aromatic heterocycles. The minimum atomic E-state index is -0.496. The van der Waals surface area contributed by atoms with Crippen LogP contribution in [0.5, 0.6) is 0 Å². The van der Waals surface area contributed by atoms with E-state index in [0.717, 1.165) is 63.3 Å². The van der Waals surface area contributed by atoms with Gasteiger partial charge in [0.2, 0.25) is 0 Å². The van der Waals surface area contributed by atoms with Gasteiger partial charge in [-0.25, -0.2) is 14.8 Å². The summed E-state index contributed by atoms with van der Waals surface area (Å²) in [7, 11) is 0. The number of aromatic nitrogens is 4. The molecule has 0 saturated carbocycles. The lowest BCUT2D eigenvalue weighted by atomic mass is 9.88. The monoisotopic (exact) mass is 928 g/mol. The van der Waals surface area contributed by atoms with E-state index < -0.39 is 5.60 Å². The predicted molar refractivity (Wildman–Crippen MR) is 285 cm³/mol. The highest BCUT2D eigenvalue weighted by molar-refractivity contribution is 5.68. The van der Waals surface area contributed by atoms with Gasteiger partial charge in [-0.3, -0.25) is 0 Å². The van der Waals surface area contributed by atoms with Gasteiger partial charge in [0.15, 0.2) is 0 Å². The summed E-state index contributed by atoms with van der Waals surface area (Å²) in [6.45, 7) is 32.9. The second kappa shape index (κ2) is 29.9. The molecule has 5 aromatic rings. The number of aromatic amines is 1. The van der Waals surface area contributed by atoms with Crippen LogP contribution in [0.1, 0.15) is 143 Å². The molecule has 370 valence electrons. The number of imidazole rings is 2. The Hall–Kier alpha value is -5.71. The normalized spacial score (nSPS) is 13.4. The topological polar surface area (TPSA) is 109 Å². The summed E-state index contributed by atoms with van der Waals surface area (Å²) >= 11 is 0. The Morgan fingerprint density at radius 2 is 1.21 bits per heavy atom. The molecular weight excluding hydrogens is 843 g/mol. The van der Waals surface area contributed by atoms with Crippen molar-refractivity contribution in [1.82, 2.24) is 29.7 Å². The molecule has 3 aliphatic rings. The molecule has 0 saturated heterocycles. The zero-order chi connectivity index (χ0) is 50.1. The van der Waals surface area contributed by atoms with Gasteiger partial charge >= 0.3 is 6.09 Å². The van der Waals surface area contributed by atoms with Crippen LogP contribution in [0.2, 0.25) is 0 Å². The molecule has 1 aliphatic heterocycles. The van der Waals surface area contributed by atoms with E-state index in [2.05, 4.69) is 154 Å². The van der Waals surface area contributed by atoms with Crippen LogP contribution < -0.4 is 10.6 Å². The smallest absolute Gasteiger partial charge is 0.410 e. The number of hydrogen-bond acceptors (Lipinski definition) is 7. The van der Waals surface area contributed by atoms with Crippen LogP contribution in [0.25, 0.3) is 0 Å². The first-order valence-corrected chi connectivity index (χ1v) is 24.8. The van der Waals surface area contributed by atoms with Crippen molar-refractivity contribution in [2.24, 2.45) is 0 Å². The van der Waals surface area contributed by atoms with Gasteiger partial charge in [-0.1, -0.05) is 117 Å². The molecule has 1 amide bonds. The van der Waals surface area contributed by atoms with Gasteiger partial charge in [0, 0.05) is 49.3 Å². The van der Waals surface area contributed by atoms with Gasteiger partial charge in [-0.15, -0.1) is 0 Å². The van der Waals surface area contributed by atoms with Crippen molar-refractivity contribution in [2.45, 2.75) is 161 Å². The summed E-state index contributed by atoms with van der Waals surface area (Å²) in [6, 6.07) is 26.0. The maximum Gasteiger partial charge on any atom is 0.410 e. The lowest BCUT2D eigenvalue weighted by Crippen LogP contribution is -2.37. The molecule has 68 heavy (non-hydrogen) atoms. The number of rotatable bonds is 10. The largest absolute Gasteiger partial charge is 0.444 e. The third-order valence-corrected chi connectivity index (χ3v) is 11.8. The Balaban J connectivity index is 0.000000229. The van der Waals surface area contributed by atoms with E-state index in [9.17, 15) is 4.79 Å². The van der Waals surface area contributed by atoms with Crippen molar-refractivity contribution in [2.75, 3.05) is 25.0 Å². The minimum Gasteiger partial charge on any atom is -0.444 e. The summed E-state index contributed by atoms with van der Waals surface area (Å²) in [5.74, 6) is 1.79. The molecule has 8 rings (SSSR count). The van der Waals surface area contributed by atoms with Crippen molar-refractivity contribution in [3.05, 3.63) is 171 Å². The van der Waals surface area contributed by atoms with Crippen molar-refractivity contribution in [3.63, 3.8) is 0 Å². The Morgan fingerprint density at radius 1 is 0.706 bits per heavy atom. The molecule has 2 aliphatic carbocycles. The highest BCUT2D eigenvalue weighted by Crippen LogP contribution is 2.27. The molecule has 0 atom stereocenters. The summed E-state index contributed by atoms with van der Waals surface area (Å²) in [5.41, 5.74) is 17.2. The second-order valence-electron chi connectivity index (χ2n) is 18.4. The van der Waals surface area contributed by atoms with Crippen LogP contribution in [0, 0.1) is 0 Å². The third kappa shape index (κ3) is 19.5. The first kappa shape index (κ1) is 56.6. The number of carbonyl (C=O) groups is 1. The van der Waals surface area contributed by atoms with Gasteiger partial charge in [0.1, 0.15) is 24.0 Å².